The fourth-order valence-corrected chi connectivity index (χ4v) is 2.97. The van der Waals surface area contributed by atoms with Crippen LogP contribution in [0, 0.1) is 13.8 Å². The third-order valence-corrected chi connectivity index (χ3v) is 5.29. The molecule has 3 N–H and O–H groups in total. The summed E-state index contributed by atoms with van der Waals surface area (Å²) >= 11 is 16.5. The quantitative estimate of drug-likeness (QED) is 0.208. The molecule has 0 aliphatic heterocycles. The molecule has 180 valence electrons. The second-order valence-corrected chi connectivity index (χ2v) is 8.73. The van der Waals surface area contributed by atoms with Crippen LogP contribution in [0.2, 0.25) is 10.0 Å². The maximum atomic E-state index is 11.9. The van der Waals surface area contributed by atoms with Crippen molar-refractivity contribution in [3.8, 4) is 0 Å². The third kappa shape index (κ3) is 10.7. The van der Waals surface area contributed by atoms with Crippen LogP contribution in [0.15, 0.2) is 97.1 Å². The molecule has 4 rings (SSSR count). The number of halogens is 3. The first-order chi connectivity index (χ1) is 16.6. The van der Waals surface area contributed by atoms with Gasteiger partial charge in [0.05, 0.1) is 0 Å². The first-order valence-corrected chi connectivity index (χ1v) is 11.7. The van der Waals surface area contributed by atoms with Gasteiger partial charge in [-0.15, -0.1) is 0 Å². The molecule has 0 radical (unpaired) electrons. The van der Waals surface area contributed by atoms with Gasteiger partial charge in [0.15, 0.2) is 0 Å². The average Bonchev–Trinajstić information content (AvgIpc) is 2.84. The van der Waals surface area contributed by atoms with Crippen molar-refractivity contribution in [2.24, 2.45) is 0 Å². The third-order valence-electron chi connectivity index (χ3n) is 4.56. The summed E-state index contributed by atoms with van der Waals surface area (Å²) in [5.41, 5.74) is 10.5. The molecular formula is C28H25Cl3N2O2. The van der Waals surface area contributed by atoms with Crippen LogP contribution in [0.25, 0.3) is 0 Å². The van der Waals surface area contributed by atoms with Crippen molar-refractivity contribution in [2.45, 2.75) is 13.8 Å². The summed E-state index contributed by atoms with van der Waals surface area (Å²) in [6.45, 7) is 4.05. The Labute approximate surface area is 220 Å². The zero-order valence-corrected chi connectivity index (χ0v) is 21.5. The number of hydrogen-bond acceptors (Lipinski definition) is 3. The molecule has 4 nitrogen and oxygen atoms in total. The standard InChI is InChI=1S/C14H12ClNO.C7H4Cl2O.C7H9N/c1-10-2-8-13(9-3-10)16-14(17)11-4-6-12(15)7-5-11;8-6-3-1-5(2-4-6)7(9)10;1-6-2-4-7(8)5-3-6/h2-9H,1H3,(H,16,17);1-4H;2-5H,8H2,1H3. The molecule has 0 aliphatic rings. The molecule has 4 aromatic carbocycles. The van der Waals surface area contributed by atoms with E-state index in [0.29, 0.717) is 21.2 Å². The fourth-order valence-electron chi connectivity index (χ4n) is 2.59. The molecule has 0 saturated heterocycles. The number of rotatable bonds is 3. The molecule has 0 bridgehead atoms. The Morgan fingerprint density at radius 2 is 1.03 bits per heavy atom. The molecule has 0 saturated carbocycles. The summed E-state index contributed by atoms with van der Waals surface area (Å²) in [4.78, 5) is 22.3. The van der Waals surface area contributed by atoms with Crippen molar-refractivity contribution in [1.82, 2.24) is 0 Å². The van der Waals surface area contributed by atoms with Gasteiger partial charge in [-0.25, -0.2) is 0 Å². The van der Waals surface area contributed by atoms with Crippen LogP contribution in [-0.2, 0) is 0 Å². The molecule has 35 heavy (non-hydrogen) atoms. The van der Waals surface area contributed by atoms with E-state index >= 15 is 0 Å². The number of carbonyl (C=O) groups excluding carboxylic acids is 2. The molecule has 0 aromatic heterocycles. The van der Waals surface area contributed by atoms with Gasteiger partial charge in [0.1, 0.15) is 0 Å². The van der Waals surface area contributed by atoms with Crippen LogP contribution in [0.5, 0.6) is 0 Å². The topological polar surface area (TPSA) is 72.2 Å². The molecule has 0 spiro atoms. The molecule has 0 atom stereocenters. The molecule has 7 heteroatoms. The lowest BCUT2D eigenvalue weighted by molar-refractivity contribution is 0.102. The van der Waals surface area contributed by atoms with Crippen molar-refractivity contribution in [3.05, 3.63) is 129 Å². The SMILES string of the molecule is Cc1ccc(N)cc1.Cc1ccc(NC(=O)c2ccc(Cl)cc2)cc1.O=C(Cl)c1ccc(Cl)cc1. The second-order valence-electron chi connectivity index (χ2n) is 7.52. The first kappa shape index (κ1) is 27.9. The lowest BCUT2D eigenvalue weighted by Crippen LogP contribution is -2.11. The number of benzene rings is 4. The number of hydrogen-bond donors (Lipinski definition) is 2. The van der Waals surface area contributed by atoms with E-state index in [1.807, 2.05) is 62.4 Å². The molecule has 0 fully saturated rings. The summed E-state index contributed by atoms with van der Waals surface area (Å²) in [6.07, 6.45) is 0. The number of nitrogen functional groups attached to an aromatic ring is 1. The van der Waals surface area contributed by atoms with Gasteiger partial charge in [0, 0.05) is 32.5 Å². The molecule has 0 unspecified atom stereocenters. The number of aryl methyl sites for hydroxylation is 2. The van der Waals surface area contributed by atoms with Gasteiger partial charge in [-0.1, -0.05) is 58.6 Å². The van der Waals surface area contributed by atoms with Crippen LogP contribution < -0.4 is 11.1 Å². The number of carbonyl (C=O) groups is 2. The number of anilines is 2. The Morgan fingerprint density at radius 3 is 1.43 bits per heavy atom. The van der Waals surface area contributed by atoms with Gasteiger partial charge in [0.2, 0.25) is 0 Å². The van der Waals surface area contributed by atoms with Gasteiger partial charge in [-0.05, 0) is 98.2 Å². The predicted molar refractivity (Wildman–Crippen MR) is 148 cm³/mol. The van der Waals surface area contributed by atoms with E-state index in [1.54, 1.807) is 48.5 Å². The molecular weight excluding hydrogens is 503 g/mol. The maximum absolute atomic E-state index is 11.9. The van der Waals surface area contributed by atoms with Gasteiger partial charge < -0.3 is 11.1 Å². The van der Waals surface area contributed by atoms with Gasteiger partial charge in [-0.2, -0.15) is 0 Å². The van der Waals surface area contributed by atoms with Crippen molar-refractivity contribution in [2.75, 3.05) is 11.1 Å². The Kier molecular flexibility index (Phi) is 11.3. The van der Waals surface area contributed by atoms with E-state index in [-0.39, 0.29) is 5.91 Å². The Balaban J connectivity index is 0.000000204. The Hall–Kier alpha value is -3.31. The summed E-state index contributed by atoms with van der Waals surface area (Å²) in [5.74, 6) is -0.134. The van der Waals surface area contributed by atoms with E-state index in [1.165, 1.54) is 5.56 Å². The van der Waals surface area contributed by atoms with Gasteiger partial charge in [0.25, 0.3) is 11.1 Å². The number of nitrogens with two attached hydrogens (primary N) is 1. The van der Waals surface area contributed by atoms with Crippen molar-refractivity contribution in [3.63, 3.8) is 0 Å². The van der Waals surface area contributed by atoms with Crippen molar-refractivity contribution < 1.29 is 9.59 Å². The monoisotopic (exact) mass is 526 g/mol. The van der Waals surface area contributed by atoms with Crippen molar-refractivity contribution in [1.29, 1.82) is 0 Å². The average molecular weight is 528 g/mol. The van der Waals surface area contributed by atoms with Crippen molar-refractivity contribution >= 4 is 57.3 Å². The van der Waals surface area contributed by atoms with E-state index in [4.69, 9.17) is 40.5 Å². The van der Waals surface area contributed by atoms with Gasteiger partial charge in [-0.3, -0.25) is 9.59 Å². The Morgan fingerprint density at radius 1 is 0.629 bits per heavy atom. The smallest absolute Gasteiger partial charge is 0.255 e. The summed E-state index contributed by atoms with van der Waals surface area (Å²) in [6, 6.07) is 28.7. The largest absolute Gasteiger partial charge is 0.399 e. The van der Waals surface area contributed by atoms with Crippen LogP contribution in [0.3, 0.4) is 0 Å². The summed E-state index contributed by atoms with van der Waals surface area (Å²) in [5, 5.41) is 3.58. The molecule has 4 aromatic rings. The van der Waals surface area contributed by atoms with E-state index < -0.39 is 5.24 Å². The van der Waals surface area contributed by atoms with Crippen LogP contribution in [0.1, 0.15) is 31.8 Å². The molecule has 1 amide bonds. The zero-order chi connectivity index (χ0) is 25.8. The Bertz CT molecular complexity index is 1200. The summed E-state index contributed by atoms with van der Waals surface area (Å²) in [7, 11) is 0. The lowest BCUT2D eigenvalue weighted by Gasteiger charge is -2.05. The summed E-state index contributed by atoms with van der Waals surface area (Å²) < 4.78 is 0. The van der Waals surface area contributed by atoms with Crippen LogP contribution in [-0.4, -0.2) is 11.1 Å². The predicted octanol–water partition coefficient (Wildman–Crippen LogP) is 8.20. The van der Waals surface area contributed by atoms with Gasteiger partial charge >= 0.3 is 0 Å². The molecule has 0 aliphatic carbocycles. The highest BCUT2D eigenvalue weighted by Gasteiger charge is 2.05. The minimum atomic E-state index is -0.461. The highest BCUT2D eigenvalue weighted by Crippen LogP contribution is 2.13. The van der Waals surface area contributed by atoms with E-state index in [9.17, 15) is 9.59 Å². The number of nitrogens with one attached hydrogen (secondary N) is 1. The maximum Gasteiger partial charge on any atom is 0.255 e. The van der Waals surface area contributed by atoms with Crippen LogP contribution >= 0.6 is 34.8 Å². The molecule has 0 heterocycles. The minimum Gasteiger partial charge on any atom is -0.399 e. The lowest BCUT2D eigenvalue weighted by atomic mass is 10.2. The fraction of sp³-hybridized carbons (Fsp3) is 0.0714. The van der Waals surface area contributed by atoms with E-state index in [2.05, 4.69) is 5.32 Å². The number of amides is 1. The highest BCUT2D eigenvalue weighted by atomic mass is 35.5. The highest BCUT2D eigenvalue weighted by molar-refractivity contribution is 6.67. The first-order valence-electron chi connectivity index (χ1n) is 10.5. The second kappa shape index (κ2) is 14.2. The van der Waals surface area contributed by atoms with Crippen LogP contribution in [0.4, 0.5) is 11.4 Å². The van der Waals surface area contributed by atoms with E-state index in [0.717, 1.165) is 16.9 Å². The zero-order valence-electron chi connectivity index (χ0n) is 19.3. The minimum absolute atomic E-state index is 0.134. The normalized spacial score (nSPS) is 9.63.